The number of hydrogen-bond acceptors (Lipinski definition) is 16. The lowest BCUT2D eigenvalue weighted by molar-refractivity contribution is -0.319. The maximum Gasteiger partial charge on any atom is 0.407 e. The van der Waals surface area contributed by atoms with Gasteiger partial charge >= 0.3 is 12.1 Å². The number of alkyl carbamates (subject to hydrolysis) is 1. The third-order valence-corrected chi connectivity index (χ3v) is 14.2. The maximum atomic E-state index is 14.5. The van der Waals surface area contributed by atoms with Crippen molar-refractivity contribution in [3.05, 3.63) is 0 Å². The van der Waals surface area contributed by atoms with Gasteiger partial charge in [0.15, 0.2) is 18.7 Å². The van der Waals surface area contributed by atoms with Crippen molar-refractivity contribution in [3.8, 4) is 0 Å². The van der Waals surface area contributed by atoms with Crippen LogP contribution in [0.5, 0.6) is 0 Å². The minimum atomic E-state index is -2.01. The van der Waals surface area contributed by atoms with Crippen LogP contribution in [0.3, 0.4) is 0 Å². The highest BCUT2D eigenvalue weighted by molar-refractivity contribution is 5.83. The van der Waals surface area contributed by atoms with Crippen LogP contribution in [-0.2, 0) is 52.3 Å². The Hall–Kier alpha value is -2.52. The zero-order chi connectivity index (χ0) is 49.2. The second-order valence-corrected chi connectivity index (χ2v) is 19.7. The zero-order valence-corrected chi connectivity index (χ0v) is 41.9. The molecule has 0 aromatic carbocycles. The molecule has 0 aromatic heterocycles. The zero-order valence-electron chi connectivity index (χ0n) is 41.9. The van der Waals surface area contributed by atoms with E-state index in [4.69, 9.17) is 37.9 Å². The van der Waals surface area contributed by atoms with Crippen molar-refractivity contribution in [1.82, 2.24) is 15.5 Å². The molecule has 0 aromatic rings. The minimum Gasteiger partial charge on any atom is -0.459 e. The fourth-order valence-electron chi connectivity index (χ4n) is 9.92. The van der Waals surface area contributed by atoms with Crippen molar-refractivity contribution in [2.24, 2.45) is 23.7 Å². The average molecular weight is 932 g/mol. The number of ether oxygens (including phenoxy) is 8. The van der Waals surface area contributed by atoms with Crippen molar-refractivity contribution in [1.29, 1.82) is 0 Å². The summed E-state index contributed by atoms with van der Waals surface area (Å²) in [6, 6.07) is -0.324. The number of hydrogen-bond donors (Lipinski definition) is 5. The Bertz CT molecular complexity index is 1540. The fourth-order valence-corrected chi connectivity index (χ4v) is 9.92. The lowest BCUT2D eigenvalue weighted by Crippen LogP contribution is -2.62. The summed E-state index contributed by atoms with van der Waals surface area (Å²) in [7, 11) is 6.71. The van der Waals surface area contributed by atoms with Gasteiger partial charge in [0.05, 0.1) is 42.0 Å². The third kappa shape index (κ3) is 14.3. The molecule has 18 atom stereocenters. The highest BCUT2D eigenvalue weighted by Crippen LogP contribution is 2.42. The Labute approximate surface area is 387 Å². The van der Waals surface area contributed by atoms with Crippen LogP contribution in [0.1, 0.15) is 128 Å². The molecule has 18 heteroatoms. The molecule has 3 aliphatic rings. The van der Waals surface area contributed by atoms with E-state index in [2.05, 4.69) is 17.6 Å². The minimum absolute atomic E-state index is 0.0262. The number of nitrogens with zero attached hydrogens (tertiary/aromatic N) is 1. The highest BCUT2D eigenvalue weighted by atomic mass is 16.7. The number of esters is 1. The number of aliphatic hydroxyl groups excluding tert-OH is 2. The molecule has 3 aliphatic heterocycles. The lowest BCUT2D eigenvalue weighted by atomic mass is 9.74. The van der Waals surface area contributed by atoms with Crippen molar-refractivity contribution in [2.45, 2.75) is 212 Å². The van der Waals surface area contributed by atoms with Gasteiger partial charge in [-0.05, 0) is 81.3 Å². The Kier molecular flexibility index (Phi) is 21.6. The molecule has 3 saturated heterocycles. The van der Waals surface area contributed by atoms with Crippen LogP contribution in [0.25, 0.3) is 0 Å². The van der Waals surface area contributed by atoms with Gasteiger partial charge in [0.25, 0.3) is 0 Å². The second kappa shape index (κ2) is 24.7. The third-order valence-electron chi connectivity index (χ3n) is 14.2. The molecule has 5 N–H and O–H groups in total. The van der Waals surface area contributed by atoms with Crippen LogP contribution >= 0.6 is 0 Å². The van der Waals surface area contributed by atoms with E-state index < -0.39 is 108 Å². The van der Waals surface area contributed by atoms with Gasteiger partial charge in [-0.15, -0.1) is 0 Å². The molecule has 0 radical (unpaired) electrons. The van der Waals surface area contributed by atoms with E-state index in [0.717, 1.165) is 19.3 Å². The topological polar surface area (TPSA) is 230 Å². The normalized spacial score (nSPS) is 41.3. The first-order valence-electron chi connectivity index (χ1n) is 23.7. The fraction of sp³-hybridized carbons (Fsp3) is 0.915. The number of ketones is 1. The number of rotatable bonds is 16. The molecule has 2 amide bonds. The summed E-state index contributed by atoms with van der Waals surface area (Å²) < 4.78 is 50.7. The molecule has 3 fully saturated rings. The molecule has 18 nitrogen and oxygen atoms in total. The van der Waals surface area contributed by atoms with E-state index in [9.17, 15) is 34.5 Å². The van der Waals surface area contributed by atoms with Gasteiger partial charge in [-0.2, -0.15) is 0 Å². The lowest BCUT2D eigenvalue weighted by Gasteiger charge is -2.50. The number of cyclic esters (lactones) is 1. The van der Waals surface area contributed by atoms with Gasteiger partial charge in [0.2, 0.25) is 5.91 Å². The van der Waals surface area contributed by atoms with E-state index in [0.29, 0.717) is 13.0 Å². The quantitative estimate of drug-likeness (QED) is 0.109. The van der Waals surface area contributed by atoms with Gasteiger partial charge in [-0.1, -0.05) is 47.5 Å². The molecular formula is C47H85N3O15. The molecule has 0 bridgehead atoms. The van der Waals surface area contributed by atoms with E-state index in [1.54, 1.807) is 48.5 Å². The Morgan fingerprint density at radius 2 is 1.48 bits per heavy atom. The van der Waals surface area contributed by atoms with Crippen LogP contribution in [0, 0.1) is 23.7 Å². The highest BCUT2D eigenvalue weighted by Gasteiger charge is 2.55. The number of likely N-dealkylation sites (N-methyl/N-ethyl adjacent to an activating group) is 1. The first-order valence-corrected chi connectivity index (χ1v) is 23.7. The number of unbranched alkanes of at least 4 members (excludes halogenated alkanes) is 2. The van der Waals surface area contributed by atoms with Gasteiger partial charge < -0.3 is 68.7 Å². The van der Waals surface area contributed by atoms with Gasteiger partial charge in [-0.25, -0.2) is 4.79 Å². The van der Waals surface area contributed by atoms with Crippen LogP contribution in [0.15, 0.2) is 0 Å². The number of amides is 2. The summed E-state index contributed by atoms with van der Waals surface area (Å²) in [6.45, 7) is 19.6. The predicted octanol–water partition coefficient (Wildman–Crippen LogP) is 3.87. The molecule has 0 saturated carbocycles. The molecule has 0 spiro atoms. The van der Waals surface area contributed by atoms with Crippen molar-refractivity contribution < 1.29 is 72.4 Å². The first-order chi connectivity index (χ1) is 30.3. The van der Waals surface area contributed by atoms with Crippen LogP contribution in [-0.4, -0.2) is 170 Å². The van der Waals surface area contributed by atoms with E-state index >= 15 is 0 Å². The molecule has 378 valence electrons. The SMILES string of the molecule is CCCCCNC(=O)CCNC(=O)O[C@H]1[C@H](C)O[C@@H](O[C@H]2[C@H](C)[C@@H](O[C@@H]3O[C@H](C)C[C@H](N(C)C)[C@H]3O)[C@@](C)(OC)C[C@@H](C)C(=O)[C@H](C)[C@@H](O)[C@](C)(O)[C@@H](CC)OC(=O)[C@@H]2C)C[C@@]1(C)OC. The molecule has 65 heavy (non-hydrogen) atoms. The van der Waals surface area contributed by atoms with E-state index in [-0.39, 0.29) is 56.1 Å². The Morgan fingerprint density at radius 3 is 2.06 bits per heavy atom. The number of methoxy groups -OCH3 is 2. The summed E-state index contributed by atoms with van der Waals surface area (Å²) in [5.74, 6) is -4.96. The molecular weight excluding hydrogens is 847 g/mol. The van der Waals surface area contributed by atoms with Crippen LogP contribution in [0.4, 0.5) is 4.79 Å². The number of carbonyl (C=O) groups is 4. The largest absolute Gasteiger partial charge is 0.459 e. The van der Waals surface area contributed by atoms with Crippen molar-refractivity contribution in [3.63, 3.8) is 0 Å². The van der Waals surface area contributed by atoms with Crippen LogP contribution < -0.4 is 10.6 Å². The van der Waals surface area contributed by atoms with Gasteiger partial charge in [-0.3, -0.25) is 14.4 Å². The van der Waals surface area contributed by atoms with Gasteiger partial charge in [0, 0.05) is 63.9 Å². The number of Topliss-reactive ketones (excluding diaryl/α,β-unsaturated/α-hetero) is 1. The Morgan fingerprint density at radius 1 is 0.846 bits per heavy atom. The monoisotopic (exact) mass is 932 g/mol. The molecule has 3 heterocycles. The van der Waals surface area contributed by atoms with Gasteiger partial charge in [0.1, 0.15) is 29.2 Å². The number of nitrogens with one attached hydrogen (secondary N) is 2. The summed E-state index contributed by atoms with van der Waals surface area (Å²) in [5, 5.41) is 40.6. The second-order valence-electron chi connectivity index (χ2n) is 19.7. The Balaban J connectivity index is 2.06. The summed E-state index contributed by atoms with van der Waals surface area (Å²) in [5.41, 5.74) is -4.50. The number of aliphatic hydroxyl groups is 3. The molecule has 0 aliphatic carbocycles. The first kappa shape index (κ1) is 56.8. The smallest absolute Gasteiger partial charge is 0.407 e. The van der Waals surface area contributed by atoms with E-state index in [1.165, 1.54) is 21.1 Å². The van der Waals surface area contributed by atoms with E-state index in [1.807, 2.05) is 32.8 Å². The standard InChI is InChI=1S/C47H85N3O15/c1-16-18-19-21-48-34(51)20-22-49-44(56)65-41-31(8)61-35(25-46(41,10)59-15)63-38-29(6)40(64-43-37(53)32(50(12)13)23-27(4)60-43)45(9,58-14)24-26(3)36(52)28(5)39(54)47(11,57)33(17-2)62-42(55)30(38)7/h26-33,35,37-41,43,53-54,57H,16-25H2,1-15H3,(H,48,51)(H,49,56)/t26-,27-,28+,29+,30-,31+,32+,33-,35+,37-,38+,39-,40-,41+,43+,45+,46-,47-/m1/s1. The average Bonchev–Trinajstić information content (AvgIpc) is 3.25. The van der Waals surface area contributed by atoms with Crippen molar-refractivity contribution in [2.75, 3.05) is 41.4 Å². The summed E-state index contributed by atoms with van der Waals surface area (Å²) in [6.07, 6.45) is -7.29. The molecule has 3 rings (SSSR count). The summed E-state index contributed by atoms with van der Waals surface area (Å²) >= 11 is 0. The maximum absolute atomic E-state index is 14.5. The predicted molar refractivity (Wildman–Crippen MR) is 240 cm³/mol. The number of carbonyl (C=O) groups excluding carboxylic acids is 4. The van der Waals surface area contributed by atoms with Crippen molar-refractivity contribution >= 4 is 23.8 Å². The van der Waals surface area contributed by atoms with Crippen LogP contribution in [0.2, 0.25) is 0 Å². The molecule has 0 unspecified atom stereocenters. The summed E-state index contributed by atoms with van der Waals surface area (Å²) in [4.78, 5) is 55.9.